The summed E-state index contributed by atoms with van der Waals surface area (Å²) in [5.41, 5.74) is 2.46. The number of nitrogens with zero attached hydrogens (tertiary/aromatic N) is 2. The van der Waals surface area contributed by atoms with Crippen LogP contribution in [0.5, 0.6) is 0 Å². The minimum Gasteiger partial charge on any atom is -0.324 e. The number of carbonyl (C=O) groups is 1. The summed E-state index contributed by atoms with van der Waals surface area (Å²) < 4.78 is 1.03. The molecule has 1 saturated heterocycles. The number of halogens is 1. The molecular formula is C13H18ClN2O+. The maximum atomic E-state index is 11.4. The van der Waals surface area contributed by atoms with Crippen LogP contribution in [-0.2, 0) is 4.79 Å². The lowest BCUT2D eigenvalue weighted by Gasteiger charge is -2.42. The highest BCUT2D eigenvalue weighted by atomic mass is 35.5. The Bertz CT molecular complexity index is 448. The first-order chi connectivity index (χ1) is 7.55. The topological polar surface area (TPSA) is 20.3 Å². The minimum absolute atomic E-state index is 0. The number of hydrogen-bond donors (Lipinski definition) is 0. The molecule has 17 heavy (non-hydrogen) atoms. The molecule has 1 fully saturated rings. The van der Waals surface area contributed by atoms with Gasteiger partial charge in [0.15, 0.2) is 12.5 Å². The van der Waals surface area contributed by atoms with E-state index in [9.17, 15) is 4.79 Å². The van der Waals surface area contributed by atoms with Crippen LogP contribution >= 0.6 is 12.4 Å². The molecule has 2 heterocycles. The number of quaternary nitrogens is 1. The Balaban J connectivity index is 0.00000108. The molecule has 0 radical (unpaired) electrons. The van der Waals surface area contributed by atoms with Gasteiger partial charge in [0.25, 0.3) is 0 Å². The van der Waals surface area contributed by atoms with Crippen molar-refractivity contribution >= 4 is 18.2 Å². The SMILES string of the molecule is C[N+]1(C)CCC2C3=CC(=O)C=CC3=CN2C1.Cl. The zero-order valence-corrected chi connectivity index (χ0v) is 11.0. The Hall–Kier alpha value is -1.06. The summed E-state index contributed by atoms with van der Waals surface area (Å²) >= 11 is 0. The number of ketones is 1. The molecule has 0 spiro atoms. The van der Waals surface area contributed by atoms with E-state index in [1.165, 1.54) is 17.7 Å². The summed E-state index contributed by atoms with van der Waals surface area (Å²) in [6, 6.07) is 0.440. The second kappa shape index (κ2) is 4.00. The molecule has 0 aromatic carbocycles. The van der Waals surface area contributed by atoms with E-state index in [0.717, 1.165) is 17.6 Å². The Kier molecular flexibility index (Phi) is 2.92. The average molecular weight is 254 g/mol. The molecule has 3 nitrogen and oxygen atoms in total. The van der Waals surface area contributed by atoms with Gasteiger partial charge in [0.05, 0.1) is 26.7 Å². The van der Waals surface area contributed by atoms with E-state index in [0.29, 0.717) is 6.04 Å². The van der Waals surface area contributed by atoms with Gasteiger partial charge in [-0.2, -0.15) is 0 Å². The molecule has 1 unspecified atom stereocenters. The van der Waals surface area contributed by atoms with E-state index in [4.69, 9.17) is 0 Å². The summed E-state index contributed by atoms with van der Waals surface area (Å²) in [6.45, 7) is 2.21. The predicted octanol–water partition coefficient (Wildman–Crippen LogP) is 1.48. The van der Waals surface area contributed by atoms with Crippen LogP contribution in [0, 0.1) is 0 Å². The molecule has 3 aliphatic rings. The highest BCUT2D eigenvalue weighted by Gasteiger charge is 2.38. The zero-order chi connectivity index (χ0) is 11.3. The van der Waals surface area contributed by atoms with Crippen LogP contribution in [0.15, 0.2) is 35.6 Å². The lowest BCUT2D eigenvalue weighted by molar-refractivity contribution is -0.905. The normalized spacial score (nSPS) is 28.9. The summed E-state index contributed by atoms with van der Waals surface area (Å²) in [4.78, 5) is 13.8. The predicted molar refractivity (Wildman–Crippen MR) is 69.6 cm³/mol. The molecule has 0 N–H and O–H groups in total. The minimum atomic E-state index is 0. The van der Waals surface area contributed by atoms with E-state index in [-0.39, 0.29) is 18.2 Å². The van der Waals surface area contributed by atoms with Crippen LogP contribution in [0.25, 0.3) is 0 Å². The Morgan fingerprint density at radius 1 is 1.35 bits per heavy atom. The van der Waals surface area contributed by atoms with Crippen molar-refractivity contribution in [2.75, 3.05) is 27.3 Å². The Morgan fingerprint density at radius 3 is 2.88 bits per heavy atom. The molecule has 3 rings (SSSR count). The fourth-order valence-corrected chi connectivity index (χ4v) is 2.85. The van der Waals surface area contributed by atoms with Gasteiger partial charge in [-0.05, 0) is 29.4 Å². The van der Waals surface area contributed by atoms with Gasteiger partial charge in [-0.1, -0.05) is 0 Å². The molecule has 0 amide bonds. The highest BCUT2D eigenvalue weighted by molar-refractivity contribution is 6.02. The van der Waals surface area contributed by atoms with Crippen LogP contribution in [0.4, 0.5) is 0 Å². The lowest BCUT2D eigenvalue weighted by atomic mass is 9.93. The average Bonchev–Trinajstić information content (AvgIpc) is 2.52. The van der Waals surface area contributed by atoms with Gasteiger partial charge in [0.2, 0.25) is 0 Å². The maximum absolute atomic E-state index is 11.4. The molecule has 0 bridgehead atoms. The first-order valence-corrected chi connectivity index (χ1v) is 5.79. The number of hydrogen-bond acceptors (Lipinski definition) is 2. The summed E-state index contributed by atoms with van der Waals surface area (Å²) in [5.74, 6) is 0.133. The molecule has 1 atom stereocenters. The molecule has 92 valence electrons. The number of rotatable bonds is 0. The number of allylic oxidation sites excluding steroid dienone is 3. The van der Waals surface area contributed by atoms with Gasteiger partial charge < -0.3 is 9.38 Å². The molecule has 4 heteroatoms. The number of carbonyl (C=O) groups excluding carboxylic acids is 1. The third-order valence-electron chi connectivity index (χ3n) is 3.68. The first kappa shape index (κ1) is 12.4. The Labute approximate surface area is 108 Å². The number of fused-ring (bicyclic) bond motifs is 3. The van der Waals surface area contributed by atoms with Crippen LogP contribution in [-0.4, -0.2) is 48.5 Å². The highest BCUT2D eigenvalue weighted by Crippen LogP contribution is 2.35. The standard InChI is InChI=1S/C13H17N2O.ClH/c1-15(2)6-5-13-12-7-11(16)4-3-10(12)8-14(13)9-15;/h3-4,7-8,13H,5-6,9H2,1-2H3;1H/q+1;. The summed E-state index contributed by atoms with van der Waals surface area (Å²) in [7, 11) is 4.51. The van der Waals surface area contributed by atoms with E-state index < -0.39 is 0 Å². The lowest BCUT2D eigenvalue weighted by Crippen LogP contribution is -2.55. The molecular weight excluding hydrogens is 236 g/mol. The van der Waals surface area contributed by atoms with Crippen LogP contribution in [0.1, 0.15) is 6.42 Å². The van der Waals surface area contributed by atoms with E-state index in [1.807, 2.05) is 12.2 Å². The van der Waals surface area contributed by atoms with Crippen molar-refractivity contribution in [3.05, 3.63) is 35.6 Å². The quantitative estimate of drug-likeness (QED) is 0.610. The Morgan fingerprint density at radius 2 is 2.12 bits per heavy atom. The van der Waals surface area contributed by atoms with E-state index >= 15 is 0 Å². The van der Waals surface area contributed by atoms with Crippen molar-refractivity contribution in [2.24, 2.45) is 0 Å². The van der Waals surface area contributed by atoms with Crippen molar-refractivity contribution < 1.29 is 9.28 Å². The van der Waals surface area contributed by atoms with Crippen LogP contribution in [0.3, 0.4) is 0 Å². The van der Waals surface area contributed by atoms with Gasteiger partial charge in [-0.3, -0.25) is 4.79 Å². The fraction of sp³-hybridized carbons (Fsp3) is 0.462. The fourth-order valence-electron chi connectivity index (χ4n) is 2.85. The molecule has 0 saturated carbocycles. The first-order valence-electron chi connectivity index (χ1n) is 5.79. The monoisotopic (exact) mass is 253 g/mol. The van der Waals surface area contributed by atoms with Crippen molar-refractivity contribution in [1.29, 1.82) is 0 Å². The smallest absolute Gasteiger partial charge is 0.179 e. The van der Waals surface area contributed by atoms with Gasteiger partial charge in [-0.15, -0.1) is 12.4 Å². The maximum Gasteiger partial charge on any atom is 0.179 e. The molecule has 0 aromatic heterocycles. The largest absolute Gasteiger partial charge is 0.324 e. The molecule has 2 aliphatic heterocycles. The molecule has 1 aliphatic carbocycles. The second-order valence-corrected chi connectivity index (χ2v) is 5.54. The summed E-state index contributed by atoms with van der Waals surface area (Å²) in [6.07, 6.45) is 8.77. The second-order valence-electron chi connectivity index (χ2n) is 5.54. The van der Waals surface area contributed by atoms with Gasteiger partial charge in [0, 0.05) is 12.6 Å². The van der Waals surface area contributed by atoms with E-state index in [1.54, 1.807) is 6.08 Å². The van der Waals surface area contributed by atoms with Crippen molar-refractivity contribution in [2.45, 2.75) is 12.5 Å². The van der Waals surface area contributed by atoms with Crippen LogP contribution < -0.4 is 0 Å². The van der Waals surface area contributed by atoms with Gasteiger partial charge in [0.1, 0.15) is 0 Å². The van der Waals surface area contributed by atoms with Gasteiger partial charge in [-0.25, -0.2) is 0 Å². The van der Waals surface area contributed by atoms with Gasteiger partial charge >= 0.3 is 0 Å². The van der Waals surface area contributed by atoms with Crippen molar-refractivity contribution in [3.8, 4) is 0 Å². The van der Waals surface area contributed by atoms with Crippen molar-refractivity contribution in [3.63, 3.8) is 0 Å². The van der Waals surface area contributed by atoms with E-state index in [2.05, 4.69) is 25.2 Å². The third-order valence-corrected chi connectivity index (χ3v) is 3.68. The van der Waals surface area contributed by atoms with Crippen molar-refractivity contribution in [1.82, 2.24) is 4.90 Å². The zero-order valence-electron chi connectivity index (χ0n) is 10.2. The molecule has 0 aromatic rings. The third kappa shape index (κ3) is 2.05. The van der Waals surface area contributed by atoms with Crippen LogP contribution in [0.2, 0.25) is 0 Å². The summed E-state index contributed by atoms with van der Waals surface area (Å²) in [5, 5.41) is 0.